The molecule has 1 heterocycles. The van der Waals surface area contributed by atoms with Crippen molar-refractivity contribution in [1.29, 1.82) is 0 Å². The molecule has 1 fully saturated rings. The summed E-state index contributed by atoms with van der Waals surface area (Å²) < 4.78 is 0. The van der Waals surface area contributed by atoms with Crippen molar-refractivity contribution in [2.75, 3.05) is 0 Å². The first kappa shape index (κ1) is 9.68. The Kier molecular flexibility index (Phi) is 2.45. The molecule has 0 aromatic heterocycles. The molecule has 0 saturated heterocycles. The minimum atomic E-state index is 0.571. The van der Waals surface area contributed by atoms with E-state index in [1.54, 1.807) is 0 Å². The molecule has 1 atom stereocenters. The molecule has 0 bridgehead atoms. The lowest BCUT2D eigenvalue weighted by molar-refractivity contribution is 0.390. The first-order chi connectivity index (χ1) is 7.36. The number of nitrogens with one attached hydrogen (secondary N) is 1. The Morgan fingerprint density at radius 2 is 2.00 bits per heavy atom. The van der Waals surface area contributed by atoms with Crippen molar-refractivity contribution in [3.63, 3.8) is 0 Å². The molecule has 0 radical (unpaired) electrons. The van der Waals surface area contributed by atoms with Gasteiger partial charge in [0.25, 0.3) is 0 Å². The Morgan fingerprint density at radius 3 is 2.80 bits per heavy atom. The van der Waals surface area contributed by atoms with Crippen LogP contribution >= 0.6 is 11.6 Å². The quantitative estimate of drug-likeness (QED) is 0.763. The van der Waals surface area contributed by atoms with Gasteiger partial charge >= 0.3 is 0 Å². The summed E-state index contributed by atoms with van der Waals surface area (Å²) >= 11 is 6.20. The largest absolute Gasteiger partial charge is 0.306 e. The summed E-state index contributed by atoms with van der Waals surface area (Å²) in [5.74, 6) is 0.838. The van der Waals surface area contributed by atoms with Gasteiger partial charge < -0.3 is 5.32 Å². The number of benzene rings is 1. The molecule has 1 aromatic rings. The number of hydrogen-bond donors (Lipinski definition) is 1. The lowest BCUT2D eigenvalue weighted by Gasteiger charge is -2.19. The lowest BCUT2D eigenvalue weighted by atomic mass is 9.92. The van der Waals surface area contributed by atoms with E-state index in [1.807, 2.05) is 6.07 Å². The van der Waals surface area contributed by atoms with Crippen LogP contribution in [0.3, 0.4) is 0 Å². The monoisotopic (exact) mass is 221 g/mol. The van der Waals surface area contributed by atoms with Gasteiger partial charge in [-0.05, 0) is 36.0 Å². The maximum atomic E-state index is 6.20. The van der Waals surface area contributed by atoms with Crippen LogP contribution in [0.1, 0.15) is 42.9 Å². The third-order valence-corrected chi connectivity index (χ3v) is 4.21. The van der Waals surface area contributed by atoms with E-state index in [0.717, 1.165) is 17.5 Å². The smallest absolute Gasteiger partial charge is 0.0454 e. The Morgan fingerprint density at radius 1 is 1.20 bits per heavy atom. The number of halogens is 1. The van der Waals surface area contributed by atoms with Crippen LogP contribution < -0.4 is 5.32 Å². The van der Waals surface area contributed by atoms with Gasteiger partial charge in [0, 0.05) is 17.6 Å². The second-order valence-electron chi connectivity index (χ2n) is 4.71. The Labute approximate surface area is 95.8 Å². The molecule has 0 spiro atoms. The van der Waals surface area contributed by atoms with Crippen LogP contribution in [-0.4, -0.2) is 0 Å². The van der Waals surface area contributed by atoms with Gasteiger partial charge in [0.15, 0.2) is 0 Å². The highest BCUT2D eigenvalue weighted by molar-refractivity contribution is 6.31. The van der Waals surface area contributed by atoms with Gasteiger partial charge in [-0.15, -0.1) is 0 Å². The topological polar surface area (TPSA) is 12.0 Å². The van der Waals surface area contributed by atoms with E-state index in [2.05, 4.69) is 17.4 Å². The van der Waals surface area contributed by atoms with Crippen LogP contribution in [-0.2, 0) is 6.54 Å². The summed E-state index contributed by atoms with van der Waals surface area (Å²) in [6, 6.07) is 6.89. The highest BCUT2D eigenvalue weighted by Gasteiger charge is 2.31. The fourth-order valence-corrected chi connectivity index (χ4v) is 3.34. The van der Waals surface area contributed by atoms with Gasteiger partial charge in [-0.25, -0.2) is 0 Å². The Hall–Kier alpha value is -0.530. The van der Waals surface area contributed by atoms with Crippen LogP contribution in [0, 0.1) is 5.92 Å². The van der Waals surface area contributed by atoms with Crippen molar-refractivity contribution >= 4 is 11.6 Å². The lowest BCUT2D eigenvalue weighted by Crippen LogP contribution is -2.19. The fourth-order valence-electron chi connectivity index (χ4n) is 3.09. The second-order valence-corrected chi connectivity index (χ2v) is 5.12. The van der Waals surface area contributed by atoms with E-state index in [-0.39, 0.29) is 0 Å². The second kappa shape index (κ2) is 3.80. The predicted molar refractivity (Wildman–Crippen MR) is 63.0 cm³/mol. The molecule has 1 saturated carbocycles. The number of rotatable bonds is 1. The zero-order chi connectivity index (χ0) is 10.3. The summed E-state index contributed by atoms with van der Waals surface area (Å²) in [5, 5.41) is 4.55. The molecule has 1 aliphatic heterocycles. The molecule has 3 rings (SSSR count). The molecule has 1 aliphatic carbocycles. The van der Waals surface area contributed by atoms with Gasteiger partial charge in [0.2, 0.25) is 0 Å². The summed E-state index contributed by atoms with van der Waals surface area (Å²) in [6.45, 7) is 0.955. The average Bonchev–Trinajstić information content (AvgIpc) is 2.85. The van der Waals surface area contributed by atoms with E-state index in [1.165, 1.54) is 36.8 Å². The highest BCUT2D eigenvalue weighted by atomic mass is 35.5. The summed E-state index contributed by atoms with van der Waals surface area (Å²) in [5.41, 5.74) is 2.78. The molecule has 1 nitrogen and oxygen atoms in total. The van der Waals surface area contributed by atoms with E-state index in [9.17, 15) is 0 Å². The molecule has 1 aromatic carbocycles. The molecule has 0 amide bonds. The molecule has 15 heavy (non-hydrogen) atoms. The van der Waals surface area contributed by atoms with Crippen molar-refractivity contribution in [1.82, 2.24) is 5.32 Å². The molecule has 2 heteroatoms. The highest BCUT2D eigenvalue weighted by Crippen LogP contribution is 2.41. The van der Waals surface area contributed by atoms with Crippen molar-refractivity contribution < 1.29 is 0 Å². The first-order valence-corrected chi connectivity index (χ1v) is 6.25. The predicted octanol–water partition coefficient (Wildman–Crippen LogP) is 3.67. The maximum absolute atomic E-state index is 6.20. The van der Waals surface area contributed by atoms with Crippen molar-refractivity contribution in [3.8, 4) is 0 Å². The van der Waals surface area contributed by atoms with Gasteiger partial charge in [-0.3, -0.25) is 0 Å². The zero-order valence-electron chi connectivity index (χ0n) is 8.80. The van der Waals surface area contributed by atoms with E-state index < -0.39 is 0 Å². The normalized spacial score (nSPS) is 25.8. The van der Waals surface area contributed by atoms with Crippen LogP contribution in [0.4, 0.5) is 0 Å². The number of fused-ring (bicyclic) bond motifs is 1. The van der Waals surface area contributed by atoms with Crippen molar-refractivity contribution in [2.45, 2.75) is 38.3 Å². The van der Waals surface area contributed by atoms with E-state index in [4.69, 9.17) is 11.6 Å². The summed E-state index contributed by atoms with van der Waals surface area (Å²) in [4.78, 5) is 0. The van der Waals surface area contributed by atoms with Gasteiger partial charge in [0.05, 0.1) is 0 Å². The Bertz CT molecular complexity index is 369. The van der Waals surface area contributed by atoms with Gasteiger partial charge in [-0.1, -0.05) is 36.6 Å². The van der Waals surface area contributed by atoms with Gasteiger partial charge in [-0.2, -0.15) is 0 Å². The third kappa shape index (κ3) is 1.58. The maximum Gasteiger partial charge on any atom is 0.0454 e. The van der Waals surface area contributed by atoms with E-state index >= 15 is 0 Å². The van der Waals surface area contributed by atoms with Crippen molar-refractivity contribution in [2.24, 2.45) is 5.92 Å². The molecular weight excluding hydrogens is 206 g/mol. The van der Waals surface area contributed by atoms with Crippen LogP contribution in [0.2, 0.25) is 5.02 Å². The van der Waals surface area contributed by atoms with Crippen LogP contribution in [0.5, 0.6) is 0 Å². The van der Waals surface area contributed by atoms with Crippen LogP contribution in [0.15, 0.2) is 18.2 Å². The van der Waals surface area contributed by atoms with Gasteiger partial charge in [0.1, 0.15) is 0 Å². The summed E-state index contributed by atoms with van der Waals surface area (Å²) in [7, 11) is 0. The minimum absolute atomic E-state index is 0.571. The fraction of sp³-hybridized carbons (Fsp3) is 0.538. The molecular formula is C13H16ClN. The minimum Gasteiger partial charge on any atom is -0.306 e. The standard InChI is InChI=1S/C13H16ClN/c14-12-7-3-6-10-11(12)8-15-13(10)9-4-1-2-5-9/h3,6-7,9,13,15H,1-2,4-5,8H2. The summed E-state index contributed by atoms with van der Waals surface area (Å²) in [6.07, 6.45) is 5.56. The molecule has 80 valence electrons. The van der Waals surface area contributed by atoms with E-state index in [0.29, 0.717) is 6.04 Å². The SMILES string of the molecule is Clc1cccc2c1CNC2C1CCCC1. The average molecular weight is 222 g/mol. The Balaban J connectivity index is 1.94. The third-order valence-electron chi connectivity index (χ3n) is 3.86. The van der Waals surface area contributed by atoms with Crippen LogP contribution in [0.25, 0.3) is 0 Å². The molecule has 1 N–H and O–H groups in total. The first-order valence-electron chi connectivity index (χ1n) is 5.87. The zero-order valence-corrected chi connectivity index (χ0v) is 9.56. The molecule has 1 unspecified atom stereocenters. The van der Waals surface area contributed by atoms with Crippen molar-refractivity contribution in [3.05, 3.63) is 34.3 Å². The molecule has 2 aliphatic rings. The number of hydrogen-bond acceptors (Lipinski definition) is 1.